The lowest BCUT2D eigenvalue weighted by molar-refractivity contribution is -0.167. The van der Waals surface area contributed by atoms with Gasteiger partial charge in [-0.1, -0.05) is 0 Å². The Hall–Kier alpha value is -1.78. The van der Waals surface area contributed by atoms with Crippen LogP contribution in [0.1, 0.15) is 5.76 Å². The number of methoxy groups -OCH3 is 1. The lowest BCUT2D eigenvalue weighted by atomic mass is 10.5. The van der Waals surface area contributed by atoms with E-state index in [1.807, 2.05) is 0 Å². The van der Waals surface area contributed by atoms with Crippen LogP contribution in [-0.4, -0.2) is 19.0 Å². The fraction of sp³-hybridized carbons (Fsp3) is 0.250. The fourth-order valence-corrected chi connectivity index (χ4v) is 0.674. The molecule has 5 heteroatoms. The smallest absolute Gasteiger partial charge is 0.417 e. The molecule has 0 aliphatic heterocycles. The van der Waals surface area contributed by atoms with E-state index in [1.54, 1.807) is 12.1 Å². The Morgan fingerprint density at radius 1 is 1.46 bits per heavy atom. The van der Waals surface area contributed by atoms with Crippen LogP contribution in [-0.2, 0) is 25.7 Å². The SMILES string of the molecule is COC(=O)C(=O)OCc1ccco1. The quantitative estimate of drug-likeness (QED) is 0.494. The van der Waals surface area contributed by atoms with E-state index >= 15 is 0 Å². The number of hydrogen-bond acceptors (Lipinski definition) is 5. The summed E-state index contributed by atoms with van der Waals surface area (Å²) in [7, 11) is 1.11. The Balaban J connectivity index is 2.35. The molecule has 0 fully saturated rings. The van der Waals surface area contributed by atoms with E-state index in [-0.39, 0.29) is 6.61 Å². The van der Waals surface area contributed by atoms with Gasteiger partial charge in [0.25, 0.3) is 0 Å². The number of ether oxygens (including phenoxy) is 2. The van der Waals surface area contributed by atoms with Gasteiger partial charge in [0, 0.05) is 0 Å². The van der Waals surface area contributed by atoms with Crippen LogP contribution in [0.3, 0.4) is 0 Å². The van der Waals surface area contributed by atoms with Gasteiger partial charge in [-0.2, -0.15) is 0 Å². The number of esters is 2. The van der Waals surface area contributed by atoms with E-state index < -0.39 is 11.9 Å². The normalized spacial score (nSPS) is 9.31. The summed E-state index contributed by atoms with van der Waals surface area (Å²) in [5.41, 5.74) is 0. The molecule has 13 heavy (non-hydrogen) atoms. The molecular weight excluding hydrogens is 176 g/mol. The molecule has 0 unspecified atom stereocenters. The highest BCUT2D eigenvalue weighted by Crippen LogP contribution is 2.01. The van der Waals surface area contributed by atoms with Gasteiger partial charge < -0.3 is 13.9 Å². The Kier molecular flexibility index (Phi) is 3.08. The van der Waals surface area contributed by atoms with E-state index in [4.69, 9.17) is 4.42 Å². The van der Waals surface area contributed by atoms with Gasteiger partial charge in [-0.05, 0) is 12.1 Å². The van der Waals surface area contributed by atoms with Gasteiger partial charge >= 0.3 is 11.9 Å². The molecule has 0 amide bonds. The maximum absolute atomic E-state index is 10.7. The highest BCUT2D eigenvalue weighted by molar-refractivity contribution is 6.29. The predicted molar refractivity (Wildman–Crippen MR) is 40.5 cm³/mol. The molecule has 1 rings (SSSR count). The van der Waals surface area contributed by atoms with Crippen molar-refractivity contribution in [3.8, 4) is 0 Å². The maximum Gasteiger partial charge on any atom is 0.417 e. The molecule has 0 bridgehead atoms. The molecule has 0 spiro atoms. The summed E-state index contributed by atoms with van der Waals surface area (Å²) in [6.07, 6.45) is 1.45. The molecule has 0 saturated heterocycles. The van der Waals surface area contributed by atoms with Crippen molar-refractivity contribution < 1.29 is 23.5 Å². The maximum atomic E-state index is 10.7. The molecule has 1 aromatic rings. The van der Waals surface area contributed by atoms with Gasteiger partial charge in [0.05, 0.1) is 13.4 Å². The Labute approximate surface area is 74.2 Å². The molecule has 1 aromatic heterocycles. The molecule has 70 valence electrons. The van der Waals surface area contributed by atoms with Gasteiger partial charge in [0.1, 0.15) is 12.4 Å². The number of furan rings is 1. The van der Waals surface area contributed by atoms with Gasteiger partial charge in [-0.15, -0.1) is 0 Å². The zero-order chi connectivity index (χ0) is 9.68. The van der Waals surface area contributed by atoms with Crippen molar-refractivity contribution >= 4 is 11.9 Å². The van der Waals surface area contributed by atoms with Crippen molar-refractivity contribution in [2.24, 2.45) is 0 Å². The summed E-state index contributed by atoms with van der Waals surface area (Å²) in [6.45, 7) is -0.0685. The minimum atomic E-state index is -1.03. The molecule has 1 heterocycles. The van der Waals surface area contributed by atoms with Crippen LogP contribution in [0.15, 0.2) is 22.8 Å². The van der Waals surface area contributed by atoms with E-state index in [1.165, 1.54) is 6.26 Å². The van der Waals surface area contributed by atoms with Crippen molar-refractivity contribution in [2.75, 3.05) is 7.11 Å². The van der Waals surface area contributed by atoms with Crippen molar-refractivity contribution in [2.45, 2.75) is 6.61 Å². The lowest BCUT2D eigenvalue weighted by Crippen LogP contribution is -2.18. The monoisotopic (exact) mass is 184 g/mol. The third kappa shape index (κ3) is 2.62. The Bertz CT molecular complexity index is 287. The molecule has 0 aliphatic rings. The van der Waals surface area contributed by atoms with Crippen molar-refractivity contribution in [1.29, 1.82) is 0 Å². The minimum Gasteiger partial charge on any atom is -0.466 e. The first kappa shape index (κ1) is 9.31. The second-order valence-corrected chi connectivity index (χ2v) is 2.15. The van der Waals surface area contributed by atoms with Crippen LogP contribution in [0, 0.1) is 0 Å². The number of rotatable bonds is 2. The third-order valence-corrected chi connectivity index (χ3v) is 1.28. The molecule has 0 atom stereocenters. The summed E-state index contributed by atoms with van der Waals surface area (Å²) in [5, 5.41) is 0. The first-order valence-corrected chi connectivity index (χ1v) is 3.51. The Morgan fingerprint density at radius 3 is 2.77 bits per heavy atom. The molecule has 0 aromatic carbocycles. The zero-order valence-corrected chi connectivity index (χ0v) is 6.98. The van der Waals surface area contributed by atoms with Crippen molar-refractivity contribution in [3.63, 3.8) is 0 Å². The van der Waals surface area contributed by atoms with Crippen LogP contribution in [0.4, 0.5) is 0 Å². The van der Waals surface area contributed by atoms with Gasteiger partial charge in [0.2, 0.25) is 0 Å². The van der Waals surface area contributed by atoms with E-state index in [2.05, 4.69) is 9.47 Å². The Morgan fingerprint density at radius 2 is 2.23 bits per heavy atom. The van der Waals surface area contributed by atoms with Crippen LogP contribution in [0.25, 0.3) is 0 Å². The second kappa shape index (κ2) is 4.30. The van der Waals surface area contributed by atoms with Crippen LogP contribution in [0.2, 0.25) is 0 Å². The fourth-order valence-electron chi connectivity index (χ4n) is 0.674. The summed E-state index contributed by atoms with van der Waals surface area (Å²) >= 11 is 0. The van der Waals surface area contributed by atoms with Crippen LogP contribution >= 0.6 is 0 Å². The molecule has 0 radical (unpaired) electrons. The van der Waals surface area contributed by atoms with Crippen LogP contribution in [0.5, 0.6) is 0 Å². The number of hydrogen-bond donors (Lipinski definition) is 0. The van der Waals surface area contributed by atoms with E-state index in [9.17, 15) is 9.59 Å². The third-order valence-electron chi connectivity index (χ3n) is 1.28. The van der Waals surface area contributed by atoms with Gasteiger partial charge in [-0.3, -0.25) is 0 Å². The predicted octanol–water partition coefficient (Wildman–Crippen LogP) is 0.496. The summed E-state index contributed by atoms with van der Waals surface area (Å²) in [5.74, 6) is -1.58. The largest absolute Gasteiger partial charge is 0.466 e. The summed E-state index contributed by atoms with van der Waals surface area (Å²) in [4.78, 5) is 21.3. The first-order valence-electron chi connectivity index (χ1n) is 3.51. The summed E-state index contributed by atoms with van der Waals surface area (Å²) in [6, 6.07) is 3.28. The first-order chi connectivity index (χ1) is 6.24. The van der Waals surface area contributed by atoms with Crippen LogP contribution < -0.4 is 0 Å². The van der Waals surface area contributed by atoms with Crippen molar-refractivity contribution in [1.82, 2.24) is 0 Å². The average molecular weight is 184 g/mol. The second-order valence-electron chi connectivity index (χ2n) is 2.15. The highest BCUT2D eigenvalue weighted by Gasteiger charge is 2.15. The standard InChI is InChI=1S/C8H8O5/c1-11-7(9)8(10)13-5-6-3-2-4-12-6/h2-4H,5H2,1H3. The molecule has 0 aliphatic carbocycles. The topological polar surface area (TPSA) is 65.7 Å². The highest BCUT2D eigenvalue weighted by atomic mass is 16.6. The average Bonchev–Trinajstić information content (AvgIpc) is 2.65. The zero-order valence-electron chi connectivity index (χ0n) is 6.98. The van der Waals surface area contributed by atoms with Gasteiger partial charge in [-0.25, -0.2) is 9.59 Å². The van der Waals surface area contributed by atoms with Gasteiger partial charge in [0.15, 0.2) is 0 Å². The lowest BCUT2D eigenvalue weighted by Gasteiger charge is -1.99. The van der Waals surface area contributed by atoms with E-state index in [0.29, 0.717) is 5.76 Å². The number of carbonyl (C=O) groups is 2. The number of carbonyl (C=O) groups excluding carboxylic acids is 2. The molecule has 5 nitrogen and oxygen atoms in total. The minimum absolute atomic E-state index is 0.0685. The molecule has 0 saturated carbocycles. The summed E-state index contributed by atoms with van der Waals surface area (Å²) < 4.78 is 13.5. The molecular formula is C8H8O5. The van der Waals surface area contributed by atoms with E-state index in [0.717, 1.165) is 7.11 Å². The molecule has 0 N–H and O–H groups in total. The van der Waals surface area contributed by atoms with Crippen molar-refractivity contribution in [3.05, 3.63) is 24.2 Å².